The number of amides is 1. The predicted octanol–water partition coefficient (Wildman–Crippen LogP) is 6.51. The zero-order valence-corrected chi connectivity index (χ0v) is 21.1. The van der Waals surface area contributed by atoms with Gasteiger partial charge in [-0.15, -0.1) is 0 Å². The van der Waals surface area contributed by atoms with Crippen molar-refractivity contribution in [1.29, 1.82) is 0 Å². The van der Waals surface area contributed by atoms with Crippen LogP contribution in [0.15, 0.2) is 76.6 Å². The van der Waals surface area contributed by atoms with E-state index < -0.39 is 0 Å². The fraction of sp³-hybridized carbons (Fsp3) is 0.0435. The van der Waals surface area contributed by atoms with Crippen LogP contribution in [-0.2, 0) is 11.4 Å². The summed E-state index contributed by atoms with van der Waals surface area (Å²) in [4.78, 5) is 17.2. The van der Waals surface area contributed by atoms with Gasteiger partial charge in [0.1, 0.15) is 18.2 Å². The largest absolute Gasteiger partial charge is 0.488 e. The zero-order chi connectivity index (χ0) is 21.8. The lowest BCUT2D eigenvalue weighted by molar-refractivity contribution is -0.115. The number of rotatable bonds is 5. The number of benzene rings is 3. The molecule has 0 spiro atoms. The average molecular weight is 656 g/mol. The van der Waals surface area contributed by atoms with Crippen molar-refractivity contribution in [1.82, 2.24) is 5.32 Å². The van der Waals surface area contributed by atoms with E-state index in [2.05, 4.69) is 79.8 Å². The number of ether oxygens (including phenoxy) is 1. The number of thioether (sulfide) groups is 1. The lowest BCUT2D eigenvalue weighted by Gasteiger charge is -2.09. The van der Waals surface area contributed by atoms with E-state index in [1.165, 1.54) is 27.5 Å². The Morgan fingerprint density at radius 1 is 1.03 bits per heavy atom. The minimum Gasteiger partial charge on any atom is -0.488 e. The molecule has 1 aliphatic heterocycles. The van der Waals surface area contributed by atoms with Crippen molar-refractivity contribution in [3.63, 3.8) is 0 Å². The zero-order valence-electron chi connectivity index (χ0n) is 15.9. The van der Waals surface area contributed by atoms with E-state index in [1.54, 1.807) is 12.1 Å². The van der Waals surface area contributed by atoms with E-state index in [-0.39, 0.29) is 11.7 Å². The first-order valence-corrected chi connectivity index (χ1v) is 12.2. The van der Waals surface area contributed by atoms with Crippen molar-refractivity contribution in [3.05, 3.63) is 95.7 Å². The Balaban J connectivity index is 1.44. The Bertz CT molecular complexity index is 1180. The van der Waals surface area contributed by atoms with E-state index in [9.17, 15) is 9.18 Å². The van der Waals surface area contributed by atoms with Gasteiger partial charge in [0.05, 0.1) is 14.2 Å². The quantitative estimate of drug-likeness (QED) is 0.252. The maximum absolute atomic E-state index is 13.0. The van der Waals surface area contributed by atoms with E-state index >= 15 is 0 Å². The van der Waals surface area contributed by atoms with Crippen molar-refractivity contribution in [3.8, 4) is 5.75 Å². The average Bonchev–Trinajstić information content (AvgIpc) is 3.09. The number of carbonyl (C=O) groups excluding carboxylic acids is 1. The summed E-state index contributed by atoms with van der Waals surface area (Å²) >= 11 is 5.76. The molecule has 4 nitrogen and oxygen atoms in total. The molecule has 3 aromatic carbocycles. The summed E-state index contributed by atoms with van der Waals surface area (Å²) in [5.74, 6) is 0.261. The summed E-state index contributed by atoms with van der Waals surface area (Å²) < 4.78 is 21.1. The van der Waals surface area contributed by atoms with Gasteiger partial charge in [-0.05, 0) is 123 Å². The number of aliphatic imine (C=N–C) groups is 1. The van der Waals surface area contributed by atoms with Crippen LogP contribution >= 0.6 is 56.9 Å². The van der Waals surface area contributed by atoms with Gasteiger partial charge in [-0.2, -0.15) is 0 Å². The SMILES string of the molecule is O=C1NC(=Nc2ccc(F)cc2)S/C1=C/c1ccc(OCc2ccc(I)cc2)c(I)c1. The van der Waals surface area contributed by atoms with Gasteiger partial charge in [0.15, 0.2) is 5.17 Å². The molecule has 0 unspecified atom stereocenters. The van der Waals surface area contributed by atoms with Gasteiger partial charge in [0.25, 0.3) is 5.91 Å². The highest BCUT2D eigenvalue weighted by molar-refractivity contribution is 14.1. The molecule has 0 bridgehead atoms. The Labute approximate surface area is 210 Å². The molecule has 8 heteroatoms. The molecule has 0 radical (unpaired) electrons. The monoisotopic (exact) mass is 656 g/mol. The molecule has 3 aromatic rings. The maximum Gasteiger partial charge on any atom is 0.264 e. The third-order valence-electron chi connectivity index (χ3n) is 4.27. The molecule has 0 atom stereocenters. The smallest absolute Gasteiger partial charge is 0.264 e. The van der Waals surface area contributed by atoms with E-state index in [0.29, 0.717) is 22.4 Å². The first-order valence-electron chi connectivity index (χ1n) is 9.18. The summed E-state index contributed by atoms with van der Waals surface area (Å²) in [6.07, 6.45) is 1.82. The second kappa shape index (κ2) is 10.1. The van der Waals surface area contributed by atoms with Crippen LogP contribution in [0, 0.1) is 13.0 Å². The maximum atomic E-state index is 13.0. The molecule has 1 heterocycles. The first-order chi connectivity index (χ1) is 15.0. The van der Waals surface area contributed by atoms with Gasteiger partial charge >= 0.3 is 0 Å². The third-order valence-corrected chi connectivity index (χ3v) is 6.74. The third kappa shape index (κ3) is 6.07. The van der Waals surface area contributed by atoms with Crippen LogP contribution < -0.4 is 10.1 Å². The molecule has 4 rings (SSSR count). The highest BCUT2D eigenvalue weighted by Crippen LogP contribution is 2.30. The lowest BCUT2D eigenvalue weighted by atomic mass is 10.2. The fourth-order valence-corrected chi connectivity index (χ4v) is 4.63. The van der Waals surface area contributed by atoms with Crippen LogP contribution in [0.3, 0.4) is 0 Å². The van der Waals surface area contributed by atoms with E-state index in [1.807, 2.05) is 24.3 Å². The molecule has 1 aliphatic rings. The topological polar surface area (TPSA) is 50.7 Å². The molecule has 0 aromatic heterocycles. The molecule has 1 N–H and O–H groups in total. The second-order valence-electron chi connectivity index (χ2n) is 6.56. The standard InChI is InChI=1S/C23H15FI2N2O2S/c24-16-4-8-18(9-5-16)27-23-28-22(29)21(31-23)12-15-3-10-20(19(26)11-15)30-13-14-1-6-17(25)7-2-14/h1-12H,13H2,(H,27,28,29)/b21-12+. The van der Waals surface area contributed by atoms with Gasteiger partial charge in [-0.1, -0.05) is 18.2 Å². The molecule has 0 saturated carbocycles. The Kier molecular flexibility index (Phi) is 7.28. The second-order valence-corrected chi connectivity index (χ2v) is 10.0. The lowest BCUT2D eigenvalue weighted by Crippen LogP contribution is -2.19. The van der Waals surface area contributed by atoms with Crippen LogP contribution in [0.1, 0.15) is 11.1 Å². The molecule has 1 amide bonds. The van der Waals surface area contributed by atoms with Crippen molar-refractivity contribution in [2.75, 3.05) is 0 Å². The van der Waals surface area contributed by atoms with Crippen molar-refractivity contribution in [2.24, 2.45) is 4.99 Å². The minimum atomic E-state index is -0.326. The van der Waals surface area contributed by atoms with Gasteiger partial charge in [-0.25, -0.2) is 9.38 Å². The number of halogens is 3. The number of hydrogen-bond donors (Lipinski definition) is 1. The molecular formula is C23H15FI2N2O2S. The highest BCUT2D eigenvalue weighted by atomic mass is 127. The van der Waals surface area contributed by atoms with Crippen LogP contribution in [0.4, 0.5) is 10.1 Å². The summed E-state index contributed by atoms with van der Waals surface area (Å²) in [6.45, 7) is 0.495. The predicted molar refractivity (Wildman–Crippen MR) is 140 cm³/mol. The van der Waals surface area contributed by atoms with E-state index in [0.717, 1.165) is 20.4 Å². The Morgan fingerprint density at radius 2 is 1.77 bits per heavy atom. The summed E-state index contributed by atoms with van der Waals surface area (Å²) in [5.41, 5.74) is 2.58. The first kappa shape index (κ1) is 22.3. The van der Waals surface area contributed by atoms with Crippen molar-refractivity contribution >= 4 is 79.8 Å². The number of nitrogens with zero attached hydrogens (tertiary/aromatic N) is 1. The van der Waals surface area contributed by atoms with Gasteiger partial charge in [-0.3, -0.25) is 4.79 Å². The van der Waals surface area contributed by atoms with Gasteiger partial charge in [0, 0.05) is 3.57 Å². The van der Waals surface area contributed by atoms with Crippen LogP contribution in [0.5, 0.6) is 5.75 Å². The Hall–Kier alpha value is -1.92. The number of hydrogen-bond acceptors (Lipinski definition) is 4. The molecule has 0 aliphatic carbocycles. The van der Waals surface area contributed by atoms with Crippen molar-refractivity contribution in [2.45, 2.75) is 6.61 Å². The van der Waals surface area contributed by atoms with Crippen LogP contribution in [-0.4, -0.2) is 11.1 Å². The van der Waals surface area contributed by atoms with Gasteiger partial charge < -0.3 is 10.1 Å². The Morgan fingerprint density at radius 3 is 2.48 bits per heavy atom. The number of amidine groups is 1. The van der Waals surface area contributed by atoms with Gasteiger partial charge in [0.2, 0.25) is 0 Å². The normalized spacial score (nSPS) is 16.0. The minimum absolute atomic E-state index is 0.208. The summed E-state index contributed by atoms with van der Waals surface area (Å²) in [5, 5.41) is 3.21. The number of carbonyl (C=O) groups is 1. The van der Waals surface area contributed by atoms with Crippen molar-refractivity contribution < 1.29 is 13.9 Å². The molecule has 1 saturated heterocycles. The van der Waals surface area contributed by atoms with E-state index in [4.69, 9.17) is 4.74 Å². The molecular weight excluding hydrogens is 641 g/mol. The number of nitrogens with one attached hydrogen (secondary N) is 1. The highest BCUT2D eigenvalue weighted by Gasteiger charge is 2.23. The van der Waals surface area contributed by atoms with Crippen LogP contribution in [0.2, 0.25) is 0 Å². The summed E-state index contributed by atoms with van der Waals surface area (Å²) in [6, 6.07) is 19.8. The molecule has 31 heavy (non-hydrogen) atoms. The fourth-order valence-electron chi connectivity index (χ4n) is 2.73. The van der Waals surface area contributed by atoms with Crippen LogP contribution in [0.25, 0.3) is 6.08 Å². The molecule has 156 valence electrons. The molecule has 1 fully saturated rings. The summed E-state index contributed by atoms with van der Waals surface area (Å²) in [7, 11) is 0.